The third-order valence-electron chi connectivity index (χ3n) is 5.60. The molecule has 8 heteroatoms. The van der Waals surface area contributed by atoms with Gasteiger partial charge in [-0.05, 0) is 47.7 Å². The van der Waals surface area contributed by atoms with Gasteiger partial charge < -0.3 is 0 Å². The minimum Gasteiger partial charge on any atom is -0.272 e. The van der Waals surface area contributed by atoms with Crippen molar-refractivity contribution in [3.63, 3.8) is 0 Å². The van der Waals surface area contributed by atoms with Crippen LogP contribution in [0.25, 0.3) is 17.1 Å². The van der Waals surface area contributed by atoms with Gasteiger partial charge in [0.2, 0.25) is 0 Å². The normalized spacial score (nSPS) is 12.0. The molecular weight excluding hydrogens is 473 g/mol. The number of aromatic nitrogens is 3. The fourth-order valence-corrected chi connectivity index (χ4v) is 4.29. The number of nitrogens with one attached hydrogen (secondary N) is 1. The summed E-state index contributed by atoms with van der Waals surface area (Å²) in [6.07, 6.45) is 0. The van der Waals surface area contributed by atoms with E-state index in [2.05, 4.69) is 65.8 Å². The van der Waals surface area contributed by atoms with Crippen molar-refractivity contribution < 1.29 is 9.18 Å². The molecule has 0 radical (unpaired) electrons. The molecule has 4 rings (SSSR count). The van der Waals surface area contributed by atoms with E-state index in [-0.39, 0.29) is 22.9 Å². The Bertz CT molecular complexity index is 1360. The number of hydrogen-bond acceptors (Lipinski definition) is 5. The van der Waals surface area contributed by atoms with Crippen LogP contribution in [0.1, 0.15) is 38.8 Å². The number of hydrogen-bond donors (Lipinski definition) is 1. The van der Waals surface area contributed by atoms with Gasteiger partial charge in [0, 0.05) is 11.3 Å². The summed E-state index contributed by atoms with van der Waals surface area (Å²) in [7, 11) is 0. The fourth-order valence-electron chi connectivity index (χ4n) is 3.54. The molecule has 184 valence electrons. The number of halogens is 1. The van der Waals surface area contributed by atoms with Crippen molar-refractivity contribution in [1.82, 2.24) is 20.2 Å². The smallest absolute Gasteiger partial charge is 0.250 e. The van der Waals surface area contributed by atoms with Crippen LogP contribution in [-0.2, 0) is 10.2 Å². The van der Waals surface area contributed by atoms with E-state index in [9.17, 15) is 9.18 Å². The summed E-state index contributed by atoms with van der Waals surface area (Å²) in [5.41, 5.74) is 7.01. The molecule has 0 bridgehead atoms. The molecule has 1 aromatic heterocycles. The quantitative estimate of drug-likeness (QED) is 0.191. The molecule has 0 aliphatic heterocycles. The molecule has 1 amide bonds. The van der Waals surface area contributed by atoms with Gasteiger partial charge in [0.25, 0.3) is 5.91 Å². The first-order valence-corrected chi connectivity index (χ1v) is 12.5. The zero-order valence-corrected chi connectivity index (χ0v) is 21.5. The molecule has 0 unspecified atom stereocenters. The van der Waals surface area contributed by atoms with Crippen LogP contribution in [0.4, 0.5) is 4.39 Å². The van der Waals surface area contributed by atoms with Gasteiger partial charge in [-0.1, -0.05) is 87.1 Å². The highest BCUT2D eigenvalue weighted by molar-refractivity contribution is 7.99. The van der Waals surface area contributed by atoms with E-state index in [4.69, 9.17) is 0 Å². The molecule has 0 saturated carbocycles. The van der Waals surface area contributed by atoms with Gasteiger partial charge in [-0.15, -0.1) is 10.2 Å². The van der Waals surface area contributed by atoms with Gasteiger partial charge in [0.1, 0.15) is 5.82 Å². The van der Waals surface area contributed by atoms with Crippen molar-refractivity contribution in [1.29, 1.82) is 0 Å². The van der Waals surface area contributed by atoms with Crippen molar-refractivity contribution in [2.24, 2.45) is 5.10 Å². The number of carbonyl (C=O) groups excluding carboxylic acids is 1. The largest absolute Gasteiger partial charge is 0.272 e. The Balaban J connectivity index is 1.53. The molecule has 1 heterocycles. The van der Waals surface area contributed by atoms with E-state index >= 15 is 0 Å². The molecule has 0 aliphatic rings. The van der Waals surface area contributed by atoms with Crippen molar-refractivity contribution in [3.05, 3.63) is 95.8 Å². The van der Waals surface area contributed by atoms with Gasteiger partial charge in [0.15, 0.2) is 11.0 Å². The maximum atomic E-state index is 13.1. The van der Waals surface area contributed by atoms with Crippen molar-refractivity contribution in [2.45, 2.75) is 38.3 Å². The molecule has 0 fully saturated rings. The zero-order valence-electron chi connectivity index (χ0n) is 20.7. The highest BCUT2D eigenvalue weighted by Gasteiger charge is 2.19. The summed E-state index contributed by atoms with van der Waals surface area (Å²) in [5.74, 6) is 0.211. The van der Waals surface area contributed by atoms with Crippen LogP contribution in [0, 0.1) is 5.82 Å². The lowest BCUT2D eigenvalue weighted by atomic mass is 9.87. The number of thioether (sulfide) groups is 1. The number of nitrogens with zero attached hydrogens (tertiary/aromatic N) is 4. The standard InChI is InChI=1S/C28H28FN5OS/c1-19(20-12-16-23(29)17-13-20)30-31-25(35)18-36-27-33-32-26(34(27)24-8-6-5-7-9-24)21-10-14-22(15-11-21)28(2,3)4/h5-17H,18H2,1-4H3,(H,31,35)/b30-19+. The number of carbonyl (C=O) groups is 1. The van der Waals surface area contributed by atoms with Gasteiger partial charge in [-0.3, -0.25) is 9.36 Å². The minimum atomic E-state index is -0.320. The highest BCUT2D eigenvalue weighted by atomic mass is 32.2. The van der Waals surface area contributed by atoms with E-state index in [1.807, 2.05) is 34.9 Å². The monoisotopic (exact) mass is 501 g/mol. The zero-order chi connectivity index (χ0) is 25.7. The lowest BCUT2D eigenvalue weighted by Crippen LogP contribution is -2.21. The summed E-state index contributed by atoms with van der Waals surface area (Å²) in [6, 6.07) is 24.1. The van der Waals surface area contributed by atoms with Crippen molar-refractivity contribution in [2.75, 3.05) is 5.75 Å². The average molecular weight is 502 g/mol. The molecule has 1 N–H and O–H groups in total. The molecule has 0 spiro atoms. The summed E-state index contributed by atoms with van der Waals surface area (Å²) >= 11 is 1.28. The Kier molecular flexibility index (Phi) is 7.64. The number of benzene rings is 3. The van der Waals surface area contributed by atoms with Crippen LogP contribution >= 0.6 is 11.8 Å². The van der Waals surface area contributed by atoms with Crippen LogP contribution in [0.5, 0.6) is 0 Å². The van der Waals surface area contributed by atoms with E-state index in [0.717, 1.165) is 16.8 Å². The second-order valence-corrected chi connectivity index (χ2v) is 10.3. The predicted octanol–water partition coefficient (Wildman–Crippen LogP) is 6.00. The van der Waals surface area contributed by atoms with Crippen LogP contribution in [0.3, 0.4) is 0 Å². The predicted molar refractivity (Wildman–Crippen MR) is 143 cm³/mol. The second kappa shape index (κ2) is 10.9. The van der Waals surface area contributed by atoms with Crippen LogP contribution < -0.4 is 5.43 Å². The molecular formula is C28H28FN5OS. The van der Waals surface area contributed by atoms with Gasteiger partial charge in [-0.2, -0.15) is 5.10 Å². The first-order chi connectivity index (χ1) is 17.2. The second-order valence-electron chi connectivity index (χ2n) is 9.33. The molecule has 3 aromatic carbocycles. The lowest BCUT2D eigenvalue weighted by molar-refractivity contribution is -0.118. The Morgan fingerprint density at radius 1 is 0.972 bits per heavy atom. The fraction of sp³-hybridized carbons (Fsp3) is 0.214. The Hall–Kier alpha value is -3.78. The first-order valence-electron chi connectivity index (χ1n) is 11.6. The molecule has 36 heavy (non-hydrogen) atoms. The number of rotatable bonds is 7. The molecule has 0 saturated heterocycles. The Morgan fingerprint density at radius 2 is 1.64 bits per heavy atom. The van der Waals surface area contributed by atoms with Crippen LogP contribution in [0.15, 0.2) is 89.1 Å². The van der Waals surface area contributed by atoms with Crippen LogP contribution in [0.2, 0.25) is 0 Å². The van der Waals surface area contributed by atoms with Crippen molar-refractivity contribution >= 4 is 23.4 Å². The van der Waals surface area contributed by atoms with E-state index < -0.39 is 0 Å². The number of hydrazone groups is 1. The summed E-state index contributed by atoms with van der Waals surface area (Å²) in [6.45, 7) is 8.29. The topological polar surface area (TPSA) is 72.2 Å². The number of amides is 1. The third-order valence-corrected chi connectivity index (χ3v) is 6.53. The van der Waals surface area contributed by atoms with E-state index in [1.54, 1.807) is 19.1 Å². The SMILES string of the molecule is C/C(=N\NC(=O)CSc1nnc(-c2ccc(C(C)(C)C)cc2)n1-c1ccccc1)c1ccc(F)cc1. The third kappa shape index (κ3) is 6.07. The maximum Gasteiger partial charge on any atom is 0.250 e. The maximum absolute atomic E-state index is 13.1. The first kappa shape index (κ1) is 25.3. The molecule has 0 atom stereocenters. The number of para-hydroxylation sites is 1. The van der Waals surface area contributed by atoms with Crippen LogP contribution in [-0.4, -0.2) is 32.1 Å². The van der Waals surface area contributed by atoms with Gasteiger partial charge in [-0.25, -0.2) is 9.82 Å². The summed E-state index contributed by atoms with van der Waals surface area (Å²) in [5, 5.41) is 13.6. The molecule has 4 aromatic rings. The lowest BCUT2D eigenvalue weighted by Gasteiger charge is -2.19. The minimum absolute atomic E-state index is 0.0531. The van der Waals surface area contributed by atoms with Crippen molar-refractivity contribution in [3.8, 4) is 17.1 Å². The Labute approximate surface area is 214 Å². The van der Waals surface area contributed by atoms with E-state index in [0.29, 0.717) is 16.7 Å². The Morgan fingerprint density at radius 3 is 2.28 bits per heavy atom. The molecule has 6 nitrogen and oxygen atoms in total. The van der Waals surface area contributed by atoms with Gasteiger partial charge in [0.05, 0.1) is 11.5 Å². The molecule has 0 aliphatic carbocycles. The summed E-state index contributed by atoms with van der Waals surface area (Å²) < 4.78 is 15.1. The summed E-state index contributed by atoms with van der Waals surface area (Å²) in [4.78, 5) is 12.5. The van der Waals surface area contributed by atoms with Gasteiger partial charge >= 0.3 is 0 Å². The van der Waals surface area contributed by atoms with E-state index in [1.165, 1.54) is 29.5 Å². The highest BCUT2D eigenvalue weighted by Crippen LogP contribution is 2.30. The average Bonchev–Trinajstić information content (AvgIpc) is 3.30.